The van der Waals surface area contributed by atoms with E-state index in [1.807, 2.05) is 85.8 Å². The van der Waals surface area contributed by atoms with Crippen molar-refractivity contribution in [3.63, 3.8) is 0 Å². The Morgan fingerprint density at radius 1 is 0.929 bits per heavy atom. The molecule has 4 rings (SSSR count). The van der Waals surface area contributed by atoms with Crippen LogP contribution < -0.4 is 11.0 Å². The second kappa shape index (κ2) is 7.88. The minimum absolute atomic E-state index is 0.0930. The number of benzene rings is 3. The average Bonchev–Trinajstić information content (AvgIpc) is 2.75. The molecule has 5 heteroatoms. The minimum atomic E-state index is -0.0930. The third kappa shape index (κ3) is 3.69. The predicted octanol–water partition coefficient (Wildman–Crippen LogP) is 4.28. The van der Waals surface area contributed by atoms with Crippen molar-refractivity contribution in [3.05, 3.63) is 106 Å². The monoisotopic (exact) mass is 368 g/mol. The fourth-order valence-corrected chi connectivity index (χ4v) is 3.04. The van der Waals surface area contributed by atoms with Gasteiger partial charge in [-0.05, 0) is 30.2 Å². The predicted molar refractivity (Wildman–Crippen MR) is 114 cm³/mol. The van der Waals surface area contributed by atoms with E-state index < -0.39 is 0 Å². The highest BCUT2D eigenvalue weighted by atomic mass is 16.1. The number of hydrogen-bond acceptors (Lipinski definition) is 4. The van der Waals surface area contributed by atoms with Crippen LogP contribution in [0.15, 0.2) is 94.8 Å². The maximum absolute atomic E-state index is 13.1. The molecule has 1 heterocycles. The smallest absolute Gasteiger partial charge is 0.263 e. The third-order valence-electron chi connectivity index (χ3n) is 4.56. The van der Waals surface area contributed by atoms with Gasteiger partial charge in [-0.25, -0.2) is 10.4 Å². The number of nitrogens with zero attached hydrogens (tertiary/aromatic N) is 3. The molecule has 0 aliphatic rings. The van der Waals surface area contributed by atoms with Gasteiger partial charge >= 0.3 is 0 Å². The number of para-hydroxylation sites is 1. The number of rotatable bonds is 5. The zero-order valence-electron chi connectivity index (χ0n) is 15.5. The van der Waals surface area contributed by atoms with Crippen molar-refractivity contribution >= 4 is 22.6 Å². The summed E-state index contributed by atoms with van der Waals surface area (Å²) in [5.74, 6) is 0.419. The first kappa shape index (κ1) is 17.7. The minimum Gasteiger partial charge on any atom is -0.272 e. The lowest BCUT2D eigenvalue weighted by molar-refractivity contribution is 0.754. The van der Waals surface area contributed by atoms with E-state index in [0.29, 0.717) is 23.4 Å². The van der Waals surface area contributed by atoms with Gasteiger partial charge in [0.1, 0.15) is 0 Å². The molecule has 0 spiro atoms. The second-order valence-electron chi connectivity index (χ2n) is 6.50. The molecule has 0 saturated heterocycles. The van der Waals surface area contributed by atoms with Crippen LogP contribution >= 0.6 is 0 Å². The van der Waals surface area contributed by atoms with E-state index in [1.54, 1.807) is 10.6 Å². The van der Waals surface area contributed by atoms with Gasteiger partial charge in [-0.15, -0.1) is 0 Å². The Balaban J connectivity index is 1.77. The lowest BCUT2D eigenvalue weighted by Crippen LogP contribution is -2.25. The quantitative estimate of drug-likeness (QED) is 0.422. The van der Waals surface area contributed by atoms with E-state index in [4.69, 9.17) is 0 Å². The van der Waals surface area contributed by atoms with E-state index >= 15 is 0 Å². The number of hydrazone groups is 1. The van der Waals surface area contributed by atoms with Crippen molar-refractivity contribution in [1.82, 2.24) is 9.55 Å². The topological polar surface area (TPSA) is 59.3 Å². The number of nitrogens with one attached hydrogen (secondary N) is 1. The molecular weight excluding hydrogens is 348 g/mol. The SMILES string of the molecule is C/C(=N\Nc1nc2ccccc2c(=O)n1Cc1ccccc1)c1ccccc1. The summed E-state index contributed by atoms with van der Waals surface area (Å²) in [7, 11) is 0. The fraction of sp³-hybridized carbons (Fsp3) is 0.0870. The molecule has 0 atom stereocenters. The summed E-state index contributed by atoms with van der Waals surface area (Å²) in [4.78, 5) is 17.7. The molecule has 0 aliphatic heterocycles. The summed E-state index contributed by atoms with van der Waals surface area (Å²) >= 11 is 0. The molecule has 28 heavy (non-hydrogen) atoms. The number of fused-ring (bicyclic) bond motifs is 1. The Kier molecular flexibility index (Phi) is 4.97. The summed E-state index contributed by atoms with van der Waals surface area (Å²) in [6.07, 6.45) is 0. The third-order valence-corrected chi connectivity index (χ3v) is 4.56. The van der Waals surface area contributed by atoms with E-state index in [1.165, 1.54) is 0 Å². The Bertz CT molecular complexity index is 1180. The molecule has 5 nitrogen and oxygen atoms in total. The lowest BCUT2D eigenvalue weighted by atomic mass is 10.1. The van der Waals surface area contributed by atoms with Gasteiger partial charge in [0.25, 0.3) is 5.56 Å². The van der Waals surface area contributed by atoms with Gasteiger partial charge in [0, 0.05) is 0 Å². The fourth-order valence-electron chi connectivity index (χ4n) is 3.04. The van der Waals surface area contributed by atoms with Crippen LogP contribution in [0.25, 0.3) is 10.9 Å². The van der Waals surface area contributed by atoms with Crippen molar-refractivity contribution in [1.29, 1.82) is 0 Å². The van der Waals surface area contributed by atoms with Crippen LogP contribution in [0, 0.1) is 0 Å². The highest BCUT2D eigenvalue weighted by Gasteiger charge is 2.11. The zero-order valence-corrected chi connectivity index (χ0v) is 15.5. The van der Waals surface area contributed by atoms with Crippen LogP contribution in [-0.4, -0.2) is 15.3 Å². The molecule has 0 aliphatic carbocycles. The first-order valence-corrected chi connectivity index (χ1v) is 9.11. The summed E-state index contributed by atoms with van der Waals surface area (Å²) in [6.45, 7) is 2.34. The van der Waals surface area contributed by atoms with E-state index in [2.05, 4.69) is 15.5 Å². The van der Waals surface area contributed by atoms with Crippen molar-refractivity contribution in [3.8, 4) is 0 Å². The van der Waals surface area contributed by atoms with E-state index in [-0.39, 0.29) is 5.56 Å². The second-order valence-corrected chi connectivity index (χ2v) is 6.50. The van der Waals surface area contributed by atoms with Crippen molar-refractivity contribution < 1.29 is 0 Å². The molecule has 0 amide bonds. The summed E-state index contributed by atoms with van der Waals surface area (Å²) in [6, 6.07) is 27.1. The van der Waals surface area contributed by atoms with Crippen molar-refractivity contribution in [2.24, 2.45) is 5.10 Å². The van der Waals surface area contributed by atoms with Crippen LogP contribution in [0.5, 0.6) is 0 Å². The van der Waals surface area contributed by atoms with E-state index in [0.717, 1.165) is 16.8 Å². The highest BCUT2D eigenvalue weighted by Crippen LogP contribution is 2.13. The van der Waals surface area contributed by atoms with Crippen LogP contribution in [0.1, 0.15) is 18.1 Å². The standard InChI is InChI=1S/C23H20N4O/c1-17(19-12-6-3-7-13-19)25-26-23-24-21-15-9-8-14-20(21)22(28)27(23)16-18-10-4-2-5-11-18/h2-15H,16H2,1H3,(H,24,26)/b25-17+. The van der Waals surface area contributed by atoms with Gasteiger partial charge in [0.15, 0.2) is 0 Å². The Morgan fingerprint density at radius 2 is 1.57 bits per heavy atom. The summed E-state index contributed by atoms with van der Waals surface area (Å²) in [5, 5.41) is 5.05. The molecule has 0 bridgehead atoms. The van der Waals surface area contributed by atoms with Crippen LogP contribution in [0.2, 0.25) is 0 Å². The number of hydrogen-bond donors (Lipinski definition) is 1. The van der Waals surface area contributed by atoms with Crippen LogP contribution in [-0.2, 0) is 6.54 Å². The van der Waals surface area contributed by atoms with Gasteiger partial charge in [-0.2, -0.15) is 5.10 Å². The number of anilines is 1. The maximum atomic E-state index is 13.1. The van der Waals surface area contributed by atoms with Crippen LogP contribution in [0.4, 0.5) is 5.95 Å². The van der Waals surface area contributed by atoms with E-state index in [9.17, 15) is 4.79 Å². The first-order chi connectivity index (χ1) is 13.7. The summed E-state index contributed by atoms with van der Waals surface area (Å²) in [5.41, 5.74) is 6.40. The molecule has 1 aromatic heterocycles. The van der Waals surface area contributed by atoms with Crippen molar-refractivity contribution in [2.45, 2.75) is 13.5 Å². The largest absolute Gasteiger partial charge is 0.272 e. The van der Waals surface area contributed by atoms with Gasteiger partial charge < -0.3 is 0 Å². The first-order valence-electron chi connectivity index (χ1n) is 9.11. The normalized spacial score (nSPS) is 11.5. The van der Waals surface area contributed by atoms with Gasteiger partial charge in [0.2, 0.25) is 5.95 Å². The highest BCUT2D eigenvalue weighted by molar-refractivity contribution is 5.99. The zero-order chi connectivity index (χ0) is 19.3. The molecule has 3 aromatic carbocycles. The lowest BCUT2D eigenvalue weighted by Gasteiger charge is -2.13. The molecule has 0 saturated carbocycles. The number of aromatic nitrogens is 2. The molecular formula is C23H20N4O. The molecule has 0 unspecified atom stereocenters. The maximum Gasteiger partial charge on any atom is 0.263 e. The molecule has 4 aromatic rings. The molecule has 0 radical (unpaired) electrons. The van der Waals surface area contributed by atoms with Gasteiger partial charge in [-0.3, -0.25) is 9.36 Å². The van der Waals surface area contributed by atoms with Gasteiger partial charge in [-0.1, -0.05) is 72.8 Å². The van der Waals surface area contributed by atoms with Crippen molar-refractivity contribution in [2.75, 3.05) is 5.43 Å². The Morgan fingerprint density at radius 3 is 2.32 bits per heavy atom. The molecule has 0 fully saturated rings. The average molecular weight is 368 g/mol. The molecule has 1 N–H and O–H groups in total. The molecule has 138 valence electrons. The summed E-state index contributed by atoms with van der Waals surface area (Å²) < 4.78 is 1.62. The van der Waals surface area contributed by atoms with Gasteiger partial charge in [0.05, 0.1) is 23.2 Å². The Hall–Kier alpha value is -3.73. The van der Waals surface area contributed by atoms with Crippen LogP contribution in [0.3, 0.4) is 0 Å². The Labute approximate surface area is 163 Å².